The number of H-pyrrole nitrogens is 1. The smallest absolute Gasteiger partial charge is 0.225 e. The molecule has 2 aromatic rings. The number of unbranched alkanes of at least 4 members (excludes halogenated alkanes) is 2. The van der Waals surface area contributed by atoms with Gasteiger partial charge in [-0.25, -0.2) is 9.97 Å². The second-order valence-corrected chi connectivity index (χ2v) is 5.12. The molecule has 2 aromatic heterocycles. The van der Waals surface area contributed by atoms with E-state index in [1.165, 1.54) is 19.3 Å². The summed E-state index contributed by atoms with van der Waals surface area (Å²) in [5.41, 5.74) is 1.68. The molecule has 0 aliphatic carbocycles. The van der Waals surface area contributed by atoms with Crippen LogP contribution in [0, 0.1) is 0 Å². The van der Waals surface area contributed by atoms with Gasteiger partial charge in [-0.2, -0.15) is 4.98 Å². The van der Waals surface area contributed by atoms with Crippen LogP contribution in [0.2, 0.25) is 0 Å². The van der Waals surface area contributed by atoms with E-state index in [9.17, 15) is 0 Å². The maximum absolute atomic E-state index is 4.53. The van der Waals surface area contributed by atoms with Crippen LogP contribution < -0.4 is 5.32 Å². The molecule has 0 atom stereocenters. The monoisotopic (exact) mass is 265 g/mol. The third-order valence-electron chi connectivity index (χ3n) is 2.57. The lowest BCUT2D eigenvalue weighted by atomic mass is 10.3. The van der Waals surface area contributed by atoms with Crippen molar-refractivity contribution in [3.63, 3.8) is 0 Å². The van der Waals surface area contributed by atoms with Gasteiger partial charge in [0, 0.05) is 6.54 Å². The lowest BCUT2D eigenvalue weighted by Gasteiger charge is -2.05. The molecule has 5 nitrogen and oxygen atoms in total. The molecular formula is C12H19N5S. The number of nitrogens with one attached hydrogen (secondary N) is 2. The molecule has 18 heavy (non-hydrogen) atoms. The third kappa shape index (κ3) is 3.13. The van der Waals surface area contributed by atoms with Crippen LogP contribution in [0.25, 0.3) is 11.2 Å². The van der Waals surface area contributed by atoms with E-state index in [0.717, 1.165) is 28.5 Å². The van der Waals surface area contributed by atoms with Crippen molar-refractivity contribution >= 4 is 28.9 Å². The van der Waals surface area contributed by atoms with Crippen LogP contribution >= 0.6 is 11.8 Å². The van der Waals surface area contributed by atoms with Crippen LogP contribution in [0.4, 0.5) is 5.95 Å². The number of hydrogen-bond acceptors (Lipinski definition) is 5. The highest BCUT2D eigenvalue weighted by Crippen LogP contribution is 2.25. The standard InChI is InChI=1S/C12H19N5S/c1-3-5-6-7-18-11-9-10(15-8-14-9)16-12(17-11)13-4-2/h8H,3-7H2,1-2H3,(H2,13,14,15,16,17). The van der Waals surface area contributed by atoms with Gasteiger partial charge in [-0.1, -0.05) is 19.8 Å². The predicted molar refractivity (Wildman–Crippen MR) is 76.1 cm³/mol. The molecule has 0 amide bonds. The van der Waals surface area contributed by atoms with Gasteiger partial charge < -0.3 is 10.3 Å². The average Bonchev–Trinajstić information content (AvgIpc) is 2.83. The minimum Gasteiger partial charge on any atom is -0.354 e. The van der Waals surface area contributed by atoms with Crippen LogP contribution in [-0.4, -0.2) is 32.2 Å². The van der Waals surface area contributed by atoms with Gasteiger partial charge in [0.05, 0.1) is 6.33 Å². The van der Waals surface area contributed by atoms with Crippen molar-refractivity contribution in [3.8, 4) is 0 Å². The van der Waals surface area contributed by atoms with E-state index in [0.29, 0.717) is 5.95 Å². The fourth-order valence-corrected chi connectivity index (χ4v) is 2.66. The molecule has 0 spiro atoms. The molecule has 2 N–H and O–H groups in total. The molecule has 0 aliphatic rings. The first-order chi connectivity index (χ1) is 8.85. The van der Waals surface area contributed by atoms with E-state index in [4.69, 9.17) is 0 Å². The molecule has 2 rings (SSSR count). The average molecular weight is 265 g/mol. The number of rotatable bonds is 7. The number of hydrogen-bond donors (Lipinski definition) is 2. The summed E-state index contributed by atoms with van der Waals surface area (Å²) in [5, 5.41) is 4.13. The Morgan fingerprint density at radius 2 is 2.17 bits per heavy atom. The Morgan fingerprint density at radius 1 is 1.28 bits per heavy atom. The van der Waals surface area contributed by atoms with Gasteiger partial charge in [0.2, 0.25) is 5.95 Å². The summed E-state index contributed by atoms with van der Waals surface area (Å²) >= 11 is 1.77. The Kier molecular flexibility index (Phi) is 4.81. The lowest BCUT2D eigenvalue weighted by molar-refractivity contribution is 0.778. The van der Waals surface area contributed by atoms with Gasteiger partial charge in [-0.3, -0.25) is 0 Å². The lowest BCUT2D eigenvalue weighted by Crippen LogP contribution is -2.03. The first kappa shape index (κ1) is 13.1. The third-order valence-corrected chi connectivity index (χ3v) is 3.64. The SMILES string of the molecule is CCCCCSc1nc(NCC)nc2nc[nH]c12. The second-order valence-electron chi connectivity index (χ2n) is 4.04. The summed E-state index contributed by atoms with van der Waals surface area (Å²) in [6.07, 6.45) is 5.40. The van der Waals surface area contributed by atoms with E-state index in [2.05, 4.69) is 32.2 Å². The number of aromatic nitrogens is 4. The van der Waals surface area contributed by atoms with Gasteiger partial charge in [0.25, 0.3) is 0 Å². The summed E-state index contributed by atoms with van der Waals surface area (Å²) in [4.78, 5) is 16.2. The van der Waals surface area contributed by atoms with Crippen LogP contribution in [0.5, 0.6) is 0 Å². The summed E-state index contributed by atoms with van der Waals surface area (Å²) in [6, 6.07) is 0. The number of nitrogens with zero attached hydrogens (tertiary/aromatic N) is 3. The van der Waals surface area contributed by atoms with Gasteiger partial charge in [-0.05, 0) is 19.1 Å². The molecule has 0 saturated heterocycles. The van der Waals surface area contributed by atoms with Crippen LogP contribution in [0.3, 0.4) is 0 Å². The number of imidazole rings is 1. The Bertz CT molecular complexity index is 496. The maximum atomic E-state index is 4.53. The van der Waals surface area contributed by atoms with Gasteiger partial charge in [0.1, 0.15) is 10.5 Å². The molecule has 98 valence electrons. The van der Waals surface area contributed by atoms with Crippen LogP contribution in [0.1, 0.15) is 33.1 Å². The Morgan fingerprint density at radius 3 is 2.94 bits per heavy atom. The van der Waals surface area contributed by atoms with Crippen molar-refractivity contribution in [2.75, 3.05) is 17.6 Å². The normalized spacial score (nSPS) is 11.0. The molecule has 2 heterocycles. The second kappa shape index (κ2) is 6.58. The molecule has 0 unspecified atom stereocenters. The van der Waals surface area contributed by atoms with Crippen molar-refractivity contribution in [2.45, 2.75) is 38.1 Å². The highest BCUT2D eigenvalue weighted by molar-refractivity contribution is 7.99. The topological polar surface area (TPSA) is 66.5 Å². The van der Waals surface area contributed by atoms with Crippen molar-refractivity contribution in [2.24, 2.45) is 0 Å². The number of thioether (sulfide) groups is 1. The Balaban J connectivity index is 2.15. The van der Waals surface area contributed by atoms with Gasteiger partial charge in [-0.15, -0.1) is 11.8 Å². The molecular weight excluding hydrogens is 246 g/mol. The molecule has 0 aromatic carbocycles. The van der Waals surface area contributed by atoms with Crippen molar-refractivity contribution in [1.29, 1.82) is 0 Å². The molecule has 0 saturated carbocycles. The quantitative estimate of drug-likeness (QED) is 0.457. The molecule has 6 heteroatoms. The van der Waals surface area contributed by atoms with E-state index in [1.807, 2.05) is 6.92 Å². The summed E-state index contributed by atoms with van der Waals surface area (Å²) in [7, 11) is 0. The minimum absolute atomic E-state index is 0.662. The number of fused-ring (bicyclic) bond motifs is 1. The van der Waals surface area contributed by atoms with Gasteiger partial charge >= 0.3 is 0 Å². The zero-order valence-corrected chi connectivity index (χ0v) is 11.7. The predicted octanol–water partition coefficient (Wildman–Crippen LogP) is 3.07. The number of aromatic amines is 1. The zero-order chi connectivity index (χ0) is 12.8. The Hall–Kier alpha value is -1.30. The van der Waals surface area contributed by atoms with Crippen molar-refractivity contribution < 1.29 is 0 Å². The number of anilines is 1. The molecule has 0 radical (unpaired) electrons. The first-order valence-corrected chi connectivity index (χ1v) is 7.41. The zero-order valence-electron chi connectivity index (χ0n) is 10.9. The van der Waals surface area contributed by atoms with E-state index >= 15 is 0 Å². The van der Waals surface area contributed by atoms with Gasteiger partial charge in [0.15, 0.2) is 5.65 Å². The van der Waals surface area contributed by atoms with Crippen molar-refractivity contribution in [1.82, 2.24) is 19.9 Å². The summed E-state index contributed by atoms with van der Waals surface area (Å²) in [6.45, 7) is 5.06. The summed E-state index contributed by atoms with van der Waals surface area (Å²) < 4.78 is 0. The highest BCUT2D eigenvalue weighted by atomic mass is 32.2. The fraction of sp³-hybridized carbons (Fsp3) is 0.583. The Labute approximate surface area is 111 Å². The van der Waals surface area contributed by atoms with E-state index in [-0.39, 0.29) is 0 Å². The fourth-order valence-electron chi connectivity index (χ4n) is 1.67. The minimum atomic E-state index is 0.662. The summed E-state index contributed by atoms with van der Waals surface area (Å²) in [5.74, 6) is 1.75. The van der Waals surface area contributed by atoms with E-state index in [1.54, 1.807) is 18.1 Å². The van der Waals surface area contributed by atoms with Crippen molar-refractivity contribution in [3.05, 3.63) is 6.33 Å². The van der Waals surface area contributed by atoms with E-state index < -0.39 is 0 Å². The highest BCUT2D eigenvalue weighted by Gasteiger charge is 2.09. The molecule has 0 bridgehead atoms. The maximum Gasteiger partial charge on any atom is 0.225 e. The molecule has 0 aliphatic heterocycles. The largest absolute Gasteiger partial charge is 0.354 e. The van der Waals surface area contributed by atoms with Crippen LogP contribution in [0.15, 0.2) is 11.4 Å². The molecule has 0 fully saturated rings. The van der Waals surface area contributed by atoms with Crippen LogP contribution in [-0.2, 0) is 0 Å². The first-order valence-electron chi connectivity index (χ1n) is 6.43.